The monoisotopic (exact) mass is 230 g/mol. The number of piperidine rings is 1. The van der Waals surface area contributed by atoms with Gasteiger partial charge in [-0.1, -0.05) is 12.1 Å². The van der Waals surface area contributed by atoms with Crippen molar-refractivity contribution in [2.45, 2.75) is 31.4 Å². The number of rotatable bonds is 2. The standard InChI is InChI=1S/C14H18N2O/c1-14(17-2)7-8-16-13(9-14)12-5-3-11(10-15)4-6-12/h3-6,13,16H,7-9H2,1-2H3/t13-,14-/m0/s1. The molecule has 1 N–H and O–H groups in total. The van der Waals surface area contributed by atoms with Gasteiger partial charge in [0, 0.05) is 13.2 Å². The molecular weight excluding hydrogens is 212 g/mol. The molecule has 0 aromatic heterocycles. The Bertz CT molecular complexity index is 421. The third-order valence-corrected chi connectivity index (χ3v) is 3.62. The van der Waals surface area contributed by atoms with Gasteiger partial charge in [0.1, 0.15) is 0 Å². The molecule has 1 aromatic rings. The first-order valence-electron chi connectivity index (χ1n) is 5.95. The highest BCUT2D eigenvalue weighted by Crippen LogP contribution is 2.32. The molecule has 0 aliphatic carbocycles. The Morgan fingerprint density at radius 3 is 2.71 bits per heavy atom. The minimum atomic E-state index is -0.0379. The maximum absolute atomic E-state index is 8.77. The lowest BCUT2D eigenvalue weighted by Crippen LogP contribution is -2.42. The van der Waals surface area contributed by atoms with Gasteiger partial charge in [0.2, 0.25) is 0 Å². The van der Waals surface area contributed by atoms with Gasteiger partial charge in [-0.3, -0.25) is 0 Å². The Morgan fingerprint density at radius 2 is 2.12 bits per heavy atom. The number of hydrogen-bond donors (Lipinski definition) is 1. The zero-order valence-corrected chi connectivity index (χ0v) is 10.4. The molecule has 0 unspecified atom stereocenters. The summed E-state index contributed by atoms with van der Waals surface area (Å²) in [5.74, 6) is 0. The van der Waals surface area contributed by atoms with Crippen LogP contribution in [0.5, 0.6) is 0 Å². The lowest BCUT2D eigenvalue weighted by molar-refractivity contribution is -0.0300. The number of nitrogens with one attached hydrogen (secondary N) is 1. The van der Waals surface area contributed by atoms with Crippen LogP contribution in [0, 0.1) is 11.3 Å². The van der Waals surface area contributed by atoms with Crippen LogP contribution in [-0.4, -0.2) is 19.3 Å². The molecule has 0 bridgehead atoms. The average Bonchev–Trinajstić information content (AvgIpc) is 2.39. The minimum absolute atomic E-state index is 0.0379. The normalized spacial score (nSPS) is 28.6. The number of hydrogen-bond acceptors (Lipinski definition) is 3. The van der Waals surface area contributed by atoms with Crippen LogP contribution in [-0.2, 0) is 4.74 Å². The summed E-state index contributed by atoms with van der Waals surface area (Å²) in [6.45, 7) is 3.12. The van der Waals surface area contributed by atoms with E-state index in [1.165, 1.54) is 5.56 Å². The van der Waals surface area contributed by atoms with Crippen molar-refractivity contribution in [1.82, 2.24) is 5.32 Å². The van der Waals surface area contributed by atoms with E-state index in [1.807, 2.05) is 24.3 Å². The molecule has 1 saturated heterocycles. The summed E-state index contributed by atoms with van der Waals surface area (Å²) in [4.78, 5) is 0. The lowest BCUT2D eigenvalue weighted by Gasteiger charge is -2.38. The molecule has 2 rings (SSSR count). The van der Waals surface area contributed by atoms with Gasteiger partial charge in [-0.15, -0.1) is 0 Å². The molecule has 2 atom stereocenters. The Morgan fingerprint density at radius 1 is 1.41 bits per heavy atom. The van der Waals surface area contributed by atoms with E-state index in [2.05, 4.69) is 18.3 Å². The van der Waals surface area contributed by atoms with Crippen LogP contribution < -0.4 is 5.32 Å². The van der Waals surface area contributed by atoms with Crippen LogP contribution in [0.3, 0.4) is 0 Å². The number of benzene rings is 1. The van der Waals surface area contributed by atoms with Gasteiger partial charge in [0.05, 0.1) is 17.2 Å². The SMILES string of the molecule is CO[C@@]1(C)CCN[C@H](c2ccc(C#N)cc2)C1. The first-order chi connectivity index (χ1) is 8.17. The van der Waals surface area contributed by atoms with E-state index in [4.69, 9.17) is 10.00 Å². The smallest absolute Gasteiger partial charge is 0.0991 e. The van der Waals surface area contributed by atoms with Crippen molar-refractivity contribution in [2.75, 3.05) is 13.7 Å². The van der Waals surface area contributed by atoms with E-state index in [-0.39, 0.29) is 5.60 Å². The molecule has 1 aliphatic rings. The summed E-state index contributed by atoms with van der Waals surface area (Å²) in [6.07, 6.45) is 2.01. The van der Waals surface area contributed by atoms with Crippen LogP contribution in [0.1, 0.15) is 36.9 Å². The highest BCUT2D eigenvalue weighted by Gasteiger charge is 2.32. The summed E-state index contributed by atoms with van der Waals surface area (Å²) in [7, 11) is 1.78. The summed E-state index contributed by atoms with van der Waals surface area (Å²) in [5, 5.41) is 12.3. The second-order valence-electron chi connectivity index (χ2n) is 4.85. The molecule has 1 heterocycles. The molecule has 1 aromatic carbocycles. The first kappa shape index (κ1) is 12.1. The molecule has 0 radical (unpaired) electrons. The highest BCUT2D eigenvalue weighted by molar-refractivity contribution is 5.33. The molecule has 0 saturated carbocycles. The van der Waals surface area contributed by atoms with Gasteiger partial charge in [0.25, 0.3) is 0 Å². The summed E-state index contributed by atoms with van der Waals surface area (Å²) in [6, 6.07) is 10.3. The molecule has 1 fully saturated rings. The molecule has 1 aliphatic heterocycles. The average molecular weight is 230 g/mol. The van der Waals surface area contributed by atoms with E-state index < -0.39 is 0 Å². The molecular formula is C14H18N2O. The molecule has 0 spiro atoms. The van der Waals surface area contributed by atoms with E-state index in [0.717, 1.165) is 19.4 Å². The first-order valence-corrected chi connectivity index (χ1v) is 5.95. The maximum atomic E-state index is 8.77. The quantitative estimate of drug-likeness (QED) is 0.848. The van der Waals surface area contributed by atoms with Crippen molar-refractivity contribution in [2.24, 2.45) is 0 Å². The molecule has 3 nitrogen and oxygen atoms in total. The minimum Gasteiger partial charge on any atom is -0.378 e. The molecule has 3 heteroatoms. The zero-order valence-electron chi connectivity index (χ0n) is 10.4. The van der Waals surface area contributed by atoms with E-state index >= 15 is 0 Å². The maximum Gasteiger partial charge on any atom is 0.0991 e. The Hall–Kier alpha value is -1.37. The Balaban J connectivity index is 2.14. The summed E-state index contributed by atoms with van der Waals surface area (Å²) >= 11 is 0. The van der Waals surface area contributed by atoms with Crippen molar-refractivity contribution < 1.29 is 4.74 Å². The van der Waals surface area contributed by atoms with Gasteiger partial charge >= 0.3 is 0 Å². The molecule has 0 amide bonds. The summed E-state index contributed by atoms with van der Waals surface area (Å²) < 4.78 is 5.58. The van der Waals surface area contributed by atoms with E-state index in [0.29, 0.717) is 11.6 Å². The third kappa shape index (κ3) is 2.66. The number of methoxy groups -OCH3 is 1. The van der Waals surface area contributed by atoms with Crippen LogP contribution >= 0.6 is 0 Å². The predicted octanol–water partition coefficient (Wildman–Crippen LogP) is 2.39. The van der Waals surface area contributed by atoms with Crippen molar-refractivity contribution in [3.8, 4) is 6.07 Å². The van der Waals surface area contributed by atoms with Gasteiger partial charge in [-0.2, -0.15) is 5.26 Å². The van der Waals surface area contributed by atoms with Gasteiger partial charge in [-0.05, 0) is 44.0 Å². The topological polar surface area (TPSA) is 45.0 Å². The van der Waals surface area contributed by atoms with Crippen LogP contribution in [0.2, 0.25) is 0 Å². The van der Waals surface area contributed by atoms with Gasteiger partial charge < -0.3 is 10.1 Å². The van der Waals surface area contributed by atoms with E-state index in [9.17, 15) is 0 Å². The zero-order chi connectivity index (χ0) is 12.3. The van der Waals surface area contributed by atoms with Crippen molar-refractivity contribution in [3.63, 3.8) is 0 Å². The van der Waals surface area contributed by atoms with E-state index in [1.54, 1.807) is 7.11 Å². The molecule has 90 valence electrons. The van der Waals surface area contributed by atoms with Gasteiger partial charge in [0.15, 0.2) is 0 Å². The van der Waals surface area contributed by atoms with Crippen LogP contribution in [0.15, 0.2) is 24.3 Å². The number of ether oxygens (including phenoxy) is 1. The largest absolute Gasteiger partial charge is 0.378 e. The number of nitrogens with zero attached hydrogens (tertiary/aromatic N) is 1. The number of nitriles is 1. The predicted molar refractivity (Wildman–Crippen MR) is 66.5 cm³/mol. The van der Waals surface area contributed by atoms with Crippen molar-refractivity contribution >= 4 is 0 Å². The van der Waals surface area contributed by atoms with Crippen LogP contribution in [0.4, 0.5) is 0 Å². The van der Waals surface area contributed by atoms with Crippen LogP contribution in [0.25, 0.3) is 0 Å². The van der Waals surface area contributed by atoms with Gasteiger partial charge in [-0.25, -0.2) is 0 Å². The summed E-state index contributed by atoms with van der Waals surface area (Å²) in [5.41, 5.74) is 1.90. The highest BCUT2D eigenvalue weighted by atomic mass is 16.5. The van der Waals surface area contributed by atoms with Crippen molar-refractivity contribution in [3.05, 3.63) is 35.4 Å². The lowest BCUT2D eigenvalue weighted by atomic mass is 9.86. The Labute approximate surface area is 102 Å². The third-order valence-electron chi connectivity index (χ3n) is 3.62. The fraction of sp³-hybridized carbons (Fsp3) is 0.500. The molecule has 17 heavy (non-hydrogen) atoms. The Kier molecular flexibility index (Phi) is 3.46. The fourth-order valence-electron chi connectivity index (χ4n) is 2.33. The second-order valence-corrected chi connectivity index (χ2v) is 4.85. The van der Waals surface area contributed by atoms with Crippen molar-refractivity contribution in [1.29, 1.82) is 5.26 Å². The second kappa shape index (κ2) is 4.87. The fourth-order valence-corrected chi connectivity index (χ4v) is 2.33.